The zero-order valence-electron chi connectivity index (χ0n) is 16.5. The van der Waals surface area contributed by atoms with Crippen molar-refractivity contribution < 1.29 is 13.2 Å². The topological polar surface area (TPSA) is 70.6 Å². The van der Waals surface area contributed by atoms with E-state index < -0.39 is 10.0 Å². The number of aromatic nitrogens is 1. The number of carbonyl (C=O) groups excluding carboxylic acids is 1. The lowest BCUT2D eigenvalue weighted by Gasteiger charge is -2.38. The number of amides is 1. The number of piperidine rings is 2. The van der Waals surface area contributed by atoms with E-state index in [1.807, 2.05) is 17.0 Å². The highest BCUT2D eigenvalue weighted by Crippen LogP contribution is 2.32. The van der Waals surface area contributed by atoms with Crippen LogP contribution in [-0.4, -0.2) is 59.9 Å². The summed E-state index contributed by atoms with van der Waals surface area (Å²) in [5, 5.41) is -0.335. The molecule has 3 aliphatic rings. The highest BCUT2D eigenvalue weighted by atomic mass is 32.2. The van der Waals surface area contributed by atoms with Crippen LogP contribution in [0.1, 0.15) is 62.8 Å². The molecule has 0 unspecified atom stereocenters. The van der Waals surface area contributed by atoms with Crippen LogP contribution in [0.2, 0.25) is 0 Å². The molecular weight excluding hydrogens is 374 g/mol. The Hall–Kier alpha value is -1.47. The Balaban J connectivity index is 1.28. The van der Waals surface area contributed by atoms with E-state index in [2.05, 4.69) is 4.98 Å². The van der Waals surface area contributed by atoms with E-state index in [1.54, 1.807) is 16.7 Å². The third-order valence-electron chi connectivity index (χ3n) is 6.90. The first-order valence-electron chi connectivity index (χ1n) is 10.7. The van der Waals surface area contributed by atoms with Gasteiger partial charge < -0.3 is 4.90 Å². The molecule has 0 atom stereocenters. The standard InChI is InChI=1S/C21H31N3O3S/c25-21(16-17-2-1-3-17)23-12-8-20(9-13-23)28(26,27)24-14-6-19(7-15-24)18-4-10-22-11-5-18/h4-5,10-11,17,19-20H,1-3,6-9,12-16H2. The van der Waals surface area contributed by atoms with Crippen molar-refractivity contribution in [1.82, 2.24) is 14.2 Å². The number of pyridine rings is 1. The molecule has 1 amide bonds. The molecule has 28 heavy (non-hydrogen) atoms. The first kappa shape index (κ1) is 19.8. The van der Waals surface area contributed by atoms with Crippen LogP contribution in [0.3, 0.4) is 0 Å². The minimum atomic E-state index is -3.27. The molecule has 1 saturated carbocycles. The van der Waals surface area contributed by atoms with Gasteiger partial charge in [0.1, 0.15) is 0 Å². The van der Waals surface area contributed by atoms with Crippen molar-refractivity contribution >= 4 is 15.9 Å². The predicted octanol–water partition coefficient (Wildman–Crippen LogP) is 2.77. The Morgan fingerprint density at radius 1 is 0.964 bits per heavy atom. The van der Waals surface area contributed by atoms with Crippen LogP contribution in [0.15, 0.2) is 24.5 Å². The van der Waals surface area contributed by atoms with Crippen molar-refractivity contribution in [3.8, 4) is 0 Å². The average Bonchev–Trinajstić information content (AvgIpc) is 2.71. The second kappa shape index (κ2) is 8.49. The van der Waals surface area contributed by atoms with Crippen LogP contribution in [0.4, 0.5) is 0 Å². The van der Waals surface area contributed by atoms with Crippen LogP contribution in [0, 0.1) is 5.92 Å². The van der Waals surface area contributed by atoms with Gasteiger partial charge in [-0.2, -0.15) is 0 Å². The molecule has 6 nitrogen and oxygen atoms in total. The minimum Gasteiger partial charge on any atom is -0.343 e. The number of carbonyl (C=O) groups is 1. The van der Waals surface area contributed by atoms with Gasteiger partial charge in [-0.25, -0.2) is 12.7 Å². The van der Waals surface area contributed by atoms with Gasteiger partial charge in [-0.3, -0.25) is 9.78 Å². The lowest BCUT2D eigenvalue weighted by atomic mass is 9.82. The quantitative estimate of drug-likeness (QED) is 0.755. The molecule has 2 aliphatic heterocycles. The maximum Gasteiger partial charge on any atom is 0.222 e. The van der Waals surface area contributed by atoms with Crippen LogP contribution < -0.4 is 0 Å². The lowest BCUT2D eigenvalue weighted by molar-refractivity contribution is -0.133. The van der Waals surface area contributed by atoms with Crippen molar-refractivity contribution in [1.29, 1.82) is 0 Å². The van der Waals surface area contributed by atoms with E-state index in [9.17, 15) is 13.2 Å². The molecule has 0 radical (unpaired) electrons. The monoisotopic (exact) mass is 405 g/mol. The SMILES string of the molecule is O=C(CC1CCC1)N1CCC(S(=O)(=O)N2CCC(c3ccncc3)CC2)CC1. The first-order chi connectivity index (χ1) is 13.5. The van der Waals surface area contributed by atoms with Crippen LogP contribution >= 0.6 is 0 Å². The van der Waals surface area contributed by atoms with E-state index in [0.717, 1.165) is 12.8 Å². The largest absolute Gasteiger partial charge is 0.343 e. The van der Waals surface area contributed by atoms with E-state index in [1.165, 1.54) is 24.8 Å². The number of hydrogen-bond acceptors (Lipinski definition) is 4. The Labute approximate surface area is 168 Å². The molecule has 1 aromatic rings. The van der Waals surface area contributed by atoms with E-state index in [-0.39, 0.29) is 11.2 Å². The molecule has 0 aromatic carbocycles. The molecule has 0 N–H and O–H groups in total. The van der Waals surface area contributed by atoms with Crippen LogP contribution in [-0.2, 0) is 14.8 Å². The molecule has 0 spiro atoms. The van der Waals surface area contributed by atoms with E-state index in [4.69, 9.17) is 0 Å². The van der Waals surface area contributed by atoms with Crippen molar-refractivity contribution in [2.75, 3.05) is 26.2 Å². The van der Waals surface area contributed by atoms with Gasteiger partial charge in [-0.15, -0.1) is 0 Å². The van der Waals surface area contributed by atoms with Crippen molar-refractivity contribution in [2.24, 2.45) is 5.92 Å². The molecule has 2 saturated heterocycles. The summed E-state index contributed by atoms with van der Waals surface area (Å²) in [4.78, 5) is 18.3. The fourth-order valence-electron chi connectivity index (χ4n) is 4.77. The summed E-state index contributed by atoms with van der Waals surface area (Å²) in [5.41, 5.74) is 1.25. The normalized spacial score (nSPS) is 23.5. The minimum absolute atomic E-state index is 0.221. The number of hydrogen-bond donors (Lipinski definition) is 0. The summed E-state index contributed by atoms with van der Waals surface area (Å²) < 4.78 is 27.9. The van der Waals surface area contributed by atoms with Gasteiger partial charge in [0, 0.05) is 45.0 Å². The Kier molecular flexibility index (Phi) is 6.01. The zero-order valence-corrected chi connectivity index (χ0v) is 17.3. The molecule has 3 heterocycles. The Morgan fingerprint density at radius 3 is 2.18 bits per heavy atom. The van der Waals surface area contributed by atoms with Gasteiger partial charge in [-0.05, 0) is 68.1 Å². The summed E-state index contributed by atoms with van der Waals surface area (Å²) in [5.74, 6) is 1.20. The highest BCUT2D eigenvalue weighted by molar-refractivity contribution is 7.89. The van der Waals surface area contributed by atoms with Crippen molar-refractivity contribution in [2.45, 2.75) is 62.5 Å². The van der Waals surface area contributed by atoms with Gasteiger partial charge in [0.15, 0.2) is 0 Å². The molecule has 0 bridgehead atoms. The smallest absolute Gasteiger partial charge is 0.222 e. The molecule has 3 fully saturated rings. The number of sulfonamides is 1. The van der Waals surface area contributed by atoms with E-state index >= 15 is 0 Å². The van der Waals surface area contributed by atoms with Crippen LogP contribution in [0.25, 0.3) is 0 Å². The first-order valence-corrected chi connectivity index (χ1v) is 12.2. The molecule has 4 rings (SSSR count). The average molecular weight is 406 g/mol. The summed E-state index contributed by atoms with van der Waals surface area (Å²) in [6.45, 7) is 2.36. The van der Waals surface area contributed by atoms with Gasteiger partial charge in [-0.1, -0.05) is 6.42 Å². The van der Waals surface area contributed by atoms with Gasteiger partial charge in [0.25, 0.3) is 0 Å². The van der Waals surface area contributed by atoms with E-state index in [0.29, 0.717) is 57.3 Å². The van der Waals surface area contributed by atoms with Gasteiger partial charge >= 0.3 is 0 Å². The second-order valence-electron chi connectivity index (χ2n) is 8.58. The lowest BCUT2D eigenvalue weighted by Crippen LogP contribution is -2.48. The van der Waals surface area contributed by atoms with Gasteiger partial charge in [0.2, 0.25) is 15.9 Å². The fourth-order valence-corrected chi connectivity index (χ4v) is 6.71. The maximum absolute atomic E-state index is 13.1. The number of rotatable bonds is 5. The highest BCUT2D eigenvalue weighted by Gasteiger charge is 2.37. The molecular formula is C21H31N3O3S. The molecule has 1 aromatic heterocycles. The molecule has 154 valence electrons. The third-order valence-corrected chi connectivity index (χ3v) is 9.29. The number of likely N-dealkylation sites (tertiary alicyclic amines) is 1. The molecule has 7 heteroatoms. The van der Waals surface area contributed by atoms with Crippen molar-refractivity contribution in [3.05, 3.63) is 30.1 Å². The summed E-state index contributed by atoms with van der Waals surface area (Å²) in [6, 6.07) is 4.07. The van der Waals surface area contributed by atoms with Crippen LogP contribution in [0.5, 0.6) is 0 Å². The summed E-state index contributed by atoms with van der Waals surface area (Å²) in [6.07, 6.45) is 10.7. The summed E-state index contributed by atoms with van der Waals surface area (Å²) >= 11 is 0. The Morgan fingerprint density at radius 2 is 1.61 bits per heavy atom. The number of nitrogens with zero attached hydrogens (tertiary/aromatic N) is 3. The third kappa shape index (κ3) is 4.25. The predicted molar refractivity (Wildman–Crippen MR) is 108 cm³/mol. The fraction of sp³-hybridized carbons (Fsp3) is 0.714. The maximum atomic E-state index is 13.1. The van der Waals surface area contributed by atoms with Gasteiger partial charge in [0.05, 0.1) is 5.25 Å². The zero-order chi connectivity index (χ0) is 19.6. The second-order valence-corrected chi connectivity index (χ2v) is 10.8. The summed E-state index contributed by atoms with van der Waals surface area (Å²) in [7, 11) is -3.27. The Bertz CT molecular complexity index is 763. The van der Waals surface area contributed by atoms with Crippen molar-refractivity contribution in [3.63, 3.8) is 0 Å². The molecule has 1 aliphatic carbocycles.